The highest BCUT2D eigenvalue weighted by Gasteiger charge is 2.12. The van der Waals surface area contributed by atoms with Crippen LogP contribution in [0.4, 0.5) is 0 Å². The van der Waals surface area contributed by atoms with Gasteiger partial charge in [-0.15, -0.1) is 0 Å². The van der Waals surface area contributed by atoms with E-state index in [-0.39, 0.29) is 17.4 Å². The van der Waals surface area contributed by atoms with Crippen molar-refractivity contribution in [3.8, 4) is 28.4 Å². The second-order valence-electron chi connectivity index (χ2n) is 5.63. The van der Waals surface area contributed by atoms with Gasteiger partial charge in [0.25, 0.3) is 5.91 Å². The Balaban J connectivity index is 1.91. The first-order chi connectivity index (χ1) is 12.1. The number of aromatic hydroxyl groups is 2. The second kappa shape index (κ2) is 7.09. The molecule has 0 spiro atoms. The maximum atomic E-state index is 12.0. The van der Waals surface area contributed by atoms with Crippen LogP contribution in [0.5, 0.6) is 11.5 Å². The van der Waals surface area contributed by atoms with E-state index in [9.17, 15) is 15.0 Å². The number of rotatable bonds is 5. The molecule has 1 heterocycles. The first-order valence-corrected chi connectivity index (χ1v) is 8.05. The Hall–Kier alpha value is -3.28. The summed E-state index contributed by atoms with van der Waals surface area (Å²) in [6.07, 6.45) is 2.51. The minimum atomic E-state index is -0.106. The number of nitrogens with one attached hydrogen (secondary N) is 1. The molecule has 0 bridgehead atoms. The van der Waals surface area contributed by atoms with Gasteiger partial charge < -0.3 is 15.5 Å². The summed E-state index contributed by atoms with van der Waals surface area (Å²) >= 11 is 0. The van der Waals surface area contributed by atoms with Gasteiger partial charge in [0.05, 0.1) is 17.6 Å². The number of hydrogen-bond acceptors (Lipinski definition) is 4. The van der Waals surface area contributed by atoms with E-state index < -0.39 is 0 Å². The van der Waals surface area contributed by atoms with E-state index >= 15 is 0 Å². The molecule has 6 nitrogen and oxygen atoms in total. The first-order valence-electron chi connectivity index (χ1n) is 8.05. The van der Waals surface area contributed by atoms with Crippen LogP contribution < -0.4 is 5.32 Å². The molecule has 0 aliphatic rings. The molecule has 0 unspecified atom stereocenters. The summed E-state index contributed by atoms with van der Waals surface area (Å²) in [5, 5.41) is 26.7. The molecule has 128 valence electrons. The van der Waals surface area contributed by atoms with Crippen LogP contribution in [0.25, 0.3) is 16.9 Å². The number of nitrogens with zero attached hydrogens (tertiary/aromatic N) is 2. The lowest BCUT2D eigenvalue weighted by molar-refractivity contribution is 0.0953. The van der Waals surface area contributed by atoms with Gasteiger partial charge in [-0.3, -0.25) is 4.79 Å². The summed E-state index contributed by atoms with van der Waals surface area (Å²) in [4.78, 5) is 12.0. The molecule has 3 rings (SSSR count). The predicted octanol–water partition coefficient (Wildman–Crippen LogP) is 3.09. The molecule has 0 saturated heterocycles. The summed E-state index contributed by atoms with van der Waals surface area (Å²) in [6, 6.07) is 13.3. The third-order valence-electron chi connectivity index (χ3n) is 3.81. The van der Waals surface area contributed by atoms with Crippen molar-refractivity contribution in [1.82, 2.24) is 15.1 Å². The summed E-state index contributed by atoms with van der Waals surface area (Å²) in [7, 11) is 0. The third kappa shape index (κ3) is 3.47. The van der Waals surface area contributed by atoms with E-state index in [1.165, 1.54) is 12.1 Å². The number of hydrogen-bond donors (Lipinski definition) is 3. The molecular formula is C19H19N3O3. The SMILES string of the molecule is CCCNC(=O)c1ccc(-n2nccc2-c2ccc(O)cc2O)cc1. The number of aromatic nitrogens is 2. The number of benzene rings is 2. The van der Waals surface area contributed by atoms with Crippen molar-refractivity contribution in [2.24, 2.45) is 0 Å². The summed E-state index contributed by atoms with van der Waals surface area (Å²) in [5.74, 6) is -0.141. The Kier molecular flexibility index (Phi) is 4.70. The minimum absolute atomic E-state index is 0.00485. The van der Waals surface area contributed by atoms with Crippen molar-refractivity contribution in [3.63, 3.8) is 0 Å². The molecule has 1 amide bonds. The molecule has 0 aliphatic heterocycles. The van der Waals surface area contributed by atoms with E-state index in [4.69, 9.17) is 0 Å². The van der Waals surface area contributed by atoms with E-state index in [1.807, 2.05) is 6.92 Å². The molecule has 2 aromatic carbocycles. The van der Waals surface area contributed by atoms with Gasteiger partial charge >= 0.3 is 0 Å². The Morgan fingerprint density at radius 1 is 1.12 bits per heavy atom. The molecule has 0 saturated carbocycles. The Morgan fingerprint density at radius 3 is 2.56 bits per heavy atom. The van der Waals surface area contributed by atoms with Crippen molar-refractivity contribution >= 4 is 5.91 Å². The number of carbonyl (C=O) groups is 1. The van der Waals surface area contributed by atoms with Gasteiger partial charge in [0.2, 0.25) is 0 Å². The number of phenolic OH excluding ortho intramolecular Hbond substituents is 2. The van der Waals surface area contributed by atoms with Crippen molar-refractivity contribution in [1.29, 1.82) is 0 Å². The number of phenols is 2. The fraction of sp³-hybridized carbons (Fsp3) is 0.158. The van der Waals surface area contributed by atoms with Crippen LogP contribution in [-0.4, -0.2) is 32.4 Å². The molecule has 0 radical (unpaired) electrons. The van der Waals surface area contributed by atoms with E-state index in [1.54, 1.807) is 47.3 Å². The van der Waals surface area contributed by atoms with E-state index in [0.717, 1.165) is 12.1 Å². The summed E-state index contributed by atoms with van der Waals surface area (Å²) in [6.45, 7) is 2.64. The average Bonchev–Trinajstić information content (AvgIpc) is 3.09. The predicted molar refractivity (Wildman–Crippen MR) is 95.0 cm³/mol. The van der Waals surface area contributed by atoms with Crippen LogP contribution >= 0.6 is 0 Å². The van der Waals surface area contributed by atoms with Crippen LogP contribution in [0.3, 0.4) is 0 Å². The molecule has 0 atom stereocenters. The van der Waals surface area contributed by atoms with Crippen molar-refractivity contribution in [3.05, 3.63) is 60.3 Å². The zero-order chi connectivity index (χ0) is 17.8. The maximum Gasteiger partial charge on any atom is 0.251 e. The molecule has 0 fully saturated rings. The highest BCUT2D eigenvalue weighted by atomic mass is 16.3. The molecular weight excluding hydrogens is 318 g/mol. The van der Waals surface area contributed by atoms with Gasteiger partial charge in [-0.2, -0.15) is 5.10 Å². The van der Waals surface area contributed by atoms with Gasteiger partial charge in [0, 0.05) is 23.7 Å². The number of amides is 1. The lowest BCUT2D eigenvalue weighted by Crippen LogP contribution is -2.23. The summed E-state index contributed by atoms with van der Waals surface area (Å²) < 4.78 is 1.67. The van der Waals surface area contributed by atoms with Gasteiger partial charge in [0.1, 0.15) is 11.5 Å². The van der Waals surface area contributed by atoms with Gasteiger partial charge in [0.15, 0.2) is 0 Å². The fourth-order valence-electron chi connectivity index (χ4n) is 2.54. The summed E-state index contributed by atoms with van der Waals surface area (Å²) in [5.41, 5.74) is 2.58. The van der Waals surface area contributed by atoms with Crippen molar-refractivity contribution in [2.45, 2.75) is 13.3 Å². The van der Waals surface area contributed by atoms with Crippen LogP contribution in [-0.2, 0) is 0 Å². The third-order valence-corrected chi connectivity index (χ3v) is 3.81. The van der Waals surface area contributed by atoms with Crippen LogP contribution in [0, 0.1) is 0 Å². The van der Waals surface area contributed by atoms with Gasteiger partial charge in [-0.05, 0) is 48.9 Å². The van der Waals surface area contributed by atoms with Crippen LogP contribution in [0.2, 0.25) is 0 Å². The average molecular weight is 337 g/mol. The smallest absolute Gasteiger partial charge is 0.251 e. The van der Waals surface area contributed by atoms with Crippen molar-refractivity contribution in [2.75, 3.05) is 6.54 Å². The normalized spacial score (nSPS) is 10.6. The molecule has 3 aromatic rings. The molecule has 0 aliphatic carbocycles. The van der Waals surface area contributed by atoms with Gasteiger partial charge in [-0.1, -0.05) is 6.92 Å². The lowest BCUT2D eigenvalue weighted by atomic mass is 10.1. The topological polar surface area (TPSA) is 87.4 Å². The standard InChI is InChI=1S/C19H19N3O3/c1-2-10-20-19(25)13-3-5-14(6-4-13)22-17(9-11-21-22)16-8-7-15(23)12-18(16)24/h3-9,11-12,23-24H,2,10H2,1H3,(H,20,25). The molecule has 3 N–H and O–H groups in total. The van der Waals surface area contributed by atoms with Crippen molar-refractivity contribution < 1.29 is 15.0 Å². The van der Waals surface area contributed by atoms with E-state index in [2.05, 4.69) is 10.4 Å². The lowest BCUT2D eigenvalue weighted by Gasteiger charge is -2.10. The zero-order valence-electron chi connectivity index (χ0n) is 13.8. The highest BCUT2D eigenvalue weighted by molar-refractivity contribution is 5.94. The molecule has 25 heavy (non-hydrogen) atoms. The quantitative estimate of drug-likeness (QED) is 0.668. The van der Waals surface area contributed by atoms with Crippen LogP contribution in [0.1, 0.15) is 23.7 Å². The number of carbonyl (C=O) groups excluding carboxylic acids is 1. The molecule has 1 aromatic heterocycles. The van der Waals surface area contributed by atoms with E-state index in [0.29, 0.717) is 23.4 Å². The second-order valence-corrected chi connectivity index (χ2v) is 5.63. The maximum absolute atomic E-state index is 12.0. The molecule has 6 heteroatoms. The first kappa shape index (κ1) is 16.6. The minimum Gasteiger partial charge on any atom is -0.508 e. The Labute approximate surface area is 145 Å². The zero-order valence-corrected chi connectivity index (χ0v) is 13.8. The Bertz CT molecular complexity index is 885. The fourth-order valence-corrected chi connectivity index (χ4v) is 2.54. The largest absolute Gasteiger partial charge is 0.508 e. The Morgan fingerprint density at radius 2 is 1.88 bits per heavy atom. The highest BCUT2D eigenvalue weighted by Crippen LogP contribution is 2.32. The monoisotopic (exact) mass is 337 g/mol. The van der Waals surface area contributed by atoms with Crippen LogP contribution in [0.15, 0.2) is 54.7 Å². The van der Waals surface area contributed by atoms with Gasteiger partial charge in [-0.25, -0.2) is 4.68 Å².